The van der Waals surface area contributed by atoms with E-state index in [9.17, 15) is 26.3 Å². The smallest absolute Gasteiger partial charge is 0.201 e. The minimum atomic E-state index is -6.60. The summed E-state index contributed by atoms with van der Waals surface area (Å²) in [5.74, 6) is -24.8. The van der Waals surface area contributed by atoms with E-state index in [-0.39, 0.29) is 22.9 Å². The van der Waals surface area contributed by atoms with Gasteiger partial charge >= 0.3 is 23.7 Å². The van der Waals surface area contributed by atoms with Crippen molar-refractivity contribution < 1.29 is 52.0 Å². The molecule has 1 aliphatic carbocycles. The highest BCUT2D eigenvalue weighted by molar-refractivity contribution is 5.79. The third-order valence-electron chi connectivity index (χ3n) is 6.10. The number of benzene rings is 2. The summed E-state index contributed by atoms with van der Waals surface area (Å²) in [6, 6.07) is 4.04. The van der Waals surface area contributed by atoms with Crippen LogP contribution in [0.15, 0.2) is 42.6 Å². The van der Waals surface area contributed by atoms with Crippen LogP contribution in [-0.4, -0.2) is 11.8 Å². The average Bonchev–Trinajstić information content (AvgIpc) is 2.85. The van der Waals surface area contributed by atoms with Crippen LogP contribution in [-0.2, 0) is 18.9 Å². The first-order chi connectivity index (χ1) is 19.6. The van der Waals surface area contributed by atoms with Gasteiger partial charge < -0.3 is 0 Å². The van der Waals surface area contributed by atoms with E-state index >= 15 is 8.78 Å². The Kier molecular flexibility index (Phi) is 3.41. The minimum absolute atomic E-state index is 0.0485. The third-order valence-corrected chi connectivity index (χ3v) is 6.10. The molecule has 2 aromatic carbocycles. The molecule has 0 N–H and O–H groups in total. The summed E-state index contributed by atoms with van der Waals surface area (Å²) in [7, 11) is 1.28. The van der Waals surface area contributed by atoms with Crippen molar-refractivity contribution in [3.8, 4) is 22.4 Å². The number of pyridine rings is 1. The Labute approximate surface area is 209 Å². The molecule has 186 valence electrons. The van der Waals surface area contributed by atoms with Gasteiger partial charge in [0.15, 0.2) is 6.20 Å². The molecule has 0 bridgehead atoms. The van der Waals surface area contributed by atoms with Crippen LogP contribution in [0.25, 0.3) is 22.4 Å². The van der Waals surface area contributed by atoms with Crippen molar-refractivity contribution in [3.63, 3.8) is 0 Å². The zero-order valence-electron chi connectivity index (χ0n) is 27.0. The predicted octanol–water partition coefficient (Wildman–Crippen LogP) is 7.55. The molecule has 0 unspecified atom stereocenters. The van der Waals surface area contributed by atoms with Crippen LogP contribution >= 0.6 is 0 Å². The minimum Gasteiger partial charge on any atom is -0.201 e. The number of fused-ring (bicyclic) bond motifs is 1. The first kappa shape index (κ1) is 15.9. The average molecular weight is 510 g/mol. The van der Waals surface area contributed by atoms with Crippen LogP contribution < -0.4 is 4.57 Å². The third kappa shape index (κ3) is 3.23. The van der Waals surface area contributed by atoms with E-state index in [1.807, 2.05) is 0 Å². The Morgan fingerprint density at radius 3 is 1.94 bits per heavy atom. The largest absolute Gasteiger partial charge is 0.382 e. The van der Waals surface area contributed by atoms with Crippen LogP contribution in [0.2, 0.25) is 0 Å². The maximum atomic E-state index is 15.3. The number of nitrogens with zero attached hydrogens (tertiary/aromatic N) is 1. The molecule has 0 fully saturated rings. The van der Waals surface area contributed by atoms with E-state index in [1.54, 1.807) is 0 Å². The molecule has 0 saturated carbocycles. The molecule has 9 heteroatoms. The fourth-order valence-electron chi connectivity index (χ4n) is 4.22. The second kappa shape index (κ2) is 7.51. The Balaban J connectivity index is 2.17. The number of halogens is 8. The summed E-state index contributed by atoms with van der Waals surface area (Å²) in [6.07, 6.45) is 0.961. The highest BCUT2D eigenvalue weighted by Crippen LogP contribution is 2.65. The standard InChI is InChI=1S/C26H22F8N/c1-13-10-21(35(5)12-16(13)4)19-11-18(14(2)9-15(19)3)17-7-6-8-20-22(17)24(29,30)26(33,34)25(31,32)23(20,27)28/h6-12H,1-5H3/q+1/i1D3,2D3,4D3. The number of rotatable bonds is 2. The molecule has 0 aliphatic heterocycles. The summed E-state index contributed by atoms with van der Waals surface area (Å²) in [4.78, 5) is 0. The van der Waals surface area contributed by atoms with Crippen molar-refractivity contribution in [1.29, 1.82) is 0 Å². The van der Waals surface area contributed by atoms with Gasteiger partial charge in [-0.2, -0.15) is 35.1 Å². The first-order valence-corrected chi connectivity index (χ1v) is 9.96. The first-order valence-electron chi connectivity index (χ1n) is 14.5. The van der Waals surface area contributed by atoms with E-state index in [0.29, 0.717) is 12.1 Å². The molecule has 1 aromatic heterocycles. The fraction of sp³-hybridized carbons (Fsp3) is 0.346. The van der Waals surface area contributed by atoms with Crippen LogP contribution in [0.1, 0.15) is 45.7 Å². The molecule has 4 rings (SSSR count). The monoisotopic (exact) mass is 509 g/mol. The highest BCUT2D eigenvalue weighted by atomic mass is 19.4. The maximum Gasteiger partial charge on any atom is 0.382 e. The number of aromatic nitrogens is 1. The highest BCUT2D eigenvalue weighted by Gasteiger charge is 2.85. The number of hydrogen-bond donors (Lipinski definition) is 0. The second-order valence-corrected chi connectivity index (χ2v) is 8.34. The summed E-state index contributed by atoms with van der Waals surface area (Å²) in [5.41, 5.74) is -8.55. The second-order valence-electron chi connectivity index (χ2n) is 8.34. The number of aryl methyl sites for hydroxylation is 5. The van der Waals surface area contributed by atoms with Crippen LogP contribution in [0, 0.1) is 27.5 Å². The van der Waals surface area contributed by atoms with Gasteiger partial charge in [-0.15, -0.1) is 0 Å². The lowest BCUT2D eigenvalue weighted by molar-refractivity contribution is -0.660. The van der Waals surface area contributed by atoms with E-state index in [0.717, 1.165) is 29.0 Å². The lowest BCUT2D eigenvalue weighted by Crippen LogP contribution is -2.64. The molecule has 1 nitrogen and oxygen atoms in total. The van der Waals surface area contributed by atoms with E-state index in [2.05, 4.69) is 0 Å². The topological polar surface area (TPSA) is 3.88 Å². The molecule has 0 saturated heterocycles. The lowest BCUT2D eigenvalue weighted by Gasteiger charge is -2.43. The summed E-state index contributed by atoms with van der Waals surface area (Å²) in [6.45, 7) is -7.76. The molecule has 0 amide bonds. The van der Waals surface area contributed by atoms with Gasteiger partial charge in [-0.25, -0.2) is 4.57 Å². The molecule has 0 atom stereocenters. The maximum absolute atomic E-state index is 15.3. The number of hydrogen-bond acceptors (Lipinski definition) is 0. The van der Waals surface area contributed by atoms with E-state index in [1.165, 1.54) is 14.0 Å². The molecule has 0 spiro atoms. The van der Waals surface area contributed by atoms with Gasteiger partial charge in [0.25, 0.3) is 0 Å². The van der Waals surface area contributed by atoms with Crippen LogP contribution in [0.5, 0.6) is 0 Å². The van der Waals surface area contributed by atoms with Crippen molar-refractivity contribution in [2.45, 2.75) is 51.2 Å². The Hall–Kier alpha value is -2.97. The summed E-state index contributed by atoms with van der Waals surface area (Å²) < 4.78 is 189. The van der Waals surface area contributed by atoms with Crippen molar-refractivity contribution in [2.24, 2.45) is 7.05 Å². The molecule has 1 aliphatic rings. The van der Waals surface area contributed by atoms with Crippen LogP contribution in [0.3, 0.4) is 0 Å². The molecular weight excluding hydrogens is 478 g/mol. The summed E-state index contributed by atoms with van der Waals surface area (Å²) >= 11 is 0. The van der Waals surface area contributed by atoms with Gasteiger partial charge in [0.2, 0.25) is 5.69 Å². The van der Waals surface area contributed by atoms with E-state index < -0.39 is 83.2 Å². The van der Waals surface area contributed by atoms with Gasteiger partial charge in [0, 0.05) is 40.7 Å². The zero-order chi connectivity index (χ0) is 33.8. The molecule has 3 aromatic rings. The van der Waals surface area contributed by atoms with Gasteiger partial charge in [-0.1, -0.05) is 24.3 Å². The molecule has 0 radical (unpaired) electrons. The zero-order valence-corrected chi connectivity index (χ0v) is 18.0. The van der Waals surface area contributed by atoms with Gasteiger partial charge in [0.1, 0.15) is 7.05 Å². The molecular formula is C26H22F8N+. The van der Waals surface area contributed by atoms with Crippen molar-refractivity contribution in [3.05, 3.63) is 76.0 Å². The van der Waals surface area contributed by atoms with Crippen molar-refractivity contribution >= 4 is 0 Å². The SMILES string of the molecule is [2H]C([2H])([2H])c1cc(C)c(-c2cc(C([2H])([2H])[2H])c(C([2H])([2H])[2H])c[n+]2C)cc1-c1cccc2c1C(F)(F)C(F)(F)C(F)(F)C2(F)F. The van der Waals surface area contributed by atoms with Crippen LogP contribution in [0.4, 0.5) is 35.1 Å². The van der Waals surface area contributed by atoms with Gasteiger partial charge in [-0.05, 0) is 61.4 Å². The van der Waals surface area contributed by atoms with Gasteiger partial charge in [0.05, 0.1) is 0 Å². The predicted molar refractivity (Wildman–Crippen MR) is 115 cm³/mol. The quantitative estimate of drug-likeness (QED) is 0.248. The Morgan fingerprint density at radius 1 is 0.686 bits per heavy atom. The summed E-state index contributed by atoms with van der Waals surface area (Å²) in [5, 5.41) is 0. The van der Waals surface area contributed by atoms with Crippen molar-refractivity contribution in [1.82, 2.24) is 0 Å². The fourth-order valence-corrected chi connectivity index (χ4v) is 4.22. The normalized spacial score (nSPS) is 24.2. The van der Waals surface area contributed by atoms with Crippen molar-refractivity contribution in [2.75, 3.05) is 0 Å². The van der Waals surface area contributed by atoms with E-state index in [4.69, 9.17) is 12.3 Å². The van der Waals surface area contributed by atoms with Gasteiger partial charge in [-0.3, -0.25) is 0 Å². The number of alkyl halides is 8. The lowest BCUT2D eigenvalue weighted by atomic mass is 9.76. The molecule has 35 heavy (non-hydrogen) atoms. The Morgan fingerprint density at radius 2 is 1.31 bits per heavy atom. The Bertz CT molecular complexity index is 1660. The molecule has 1 heterocycles.